The smallest absolute Gasteiger partial charge is 0.398 e. The van der Waals surface area contributed by atoms with Crippen molar-refractivity contribution in [1.82, 2.24) is 20.0 Å². The first-order valence-corrected chi connectivity index (χ1v) is 10.9. The van der Waals surface area contributed by atoms with Crippen molar-refractivity contribution >= 4 is 39.8 Å². The van der Waals surface area contributed by atoms with Crippen molar-refractivity contribution in [3.8, 4) is 5.69 Å². The quantitative estimate of drug-likeness (QED) is 0.355. The minimum Gasteiger partial charge on any atom is -0.398 e. The van der Waals surface area contributed by atoms with Crippen LogP contribution in [0.5, 0.6) is 0 Å². The molecule has 2 aromatic heterocycles. The Morgan fingerprint density at radius 1 is 1.17 bits per heavy atom. The topological polar surface area (TPSA) is 126 Å². The molecule has 0 aliphatic carbocycles. The van der Waals surface area contributed by atoms with Gasteiger partial charge in [0.25, 0.3) is 5.91 Å². The number of nitrogens with two attached hydrogens (primary N) is 1. The van der Waals surface area contributed by atoms with E-state index in [-0.39, 0.29) is 17.2 Å². The Morgan fingerprint density at radius 2 is 1.92 bits per heavy atom. The number of halogens is 3. The van der Waals surface area contributed by atoms with Crippen molar-refractivity contribution in [1.29, 1.82) is 0 Å². The van der Waals surface area contributed by atoms with Gasteiger partial charge in [0.1, 0.15) is 18.6 Å². The van der Waals surface area contributed by atoms with Crippen molar-refractivity contribution in [3.63, 3.8) is 0 Å². The van der Waals surface area contributed by atoms with Gasteiger partial charge in [0.15, 0.2) is 11.5 Å². The lowest BCUT2D eigenvalue weighted by molar-refractivity contribution is -0.141. The molecule has 3 heterocycles. The maximum Gasteiger partial charge on any atom is 0.435 e. The second kappa shape index (κ2) is 8.91. The van der Waals surface area contributed by atoms with E-state index in [0.29, 0.717) is 22.7 Å². The number of fused-ring (bicyclic) bond motifs is 1. The highest BCUT2D eigenvalue weighted by Gasteiger charge is 2.36. The van der Waals surface area contributed by atoms with Gasteiger partial charge in [-0.05, 0) is 48.9 Å². The van der Waals surface area contributed by atoms with Crippen molar-refractivity contribution in [2.75, 3.05) is 29.6 Å². The molecule has 0 unspecified atom stereocenters. The average Bonchev–Trinajstić information content (AvgIpc) is 3.58. The van der Waals surface area contributed by atoms with E-state index in [1.54, 1.807) is 30.3 Å². The Bertz CT molecular complexity index is 1460. The van der Waals surface area contributed by atoms with Gasteiger partial charge in [-0.15, -0.1) is 0 Å². The molecular weight excluding hydrogens is 477 g/mol. The summed E-state index contributed by atoms with van der Waals surface area (Å²) in [5.74, 6) is 0.222. The molecule has 4 aromatic rings. The van der Waals surface area contributed by atoms with E-state index in [1.165, 1.54) is 19.2 Å². The molecule has 0 radical (unpaired) electrons. The van der Waals surface area contributed by atoms with E-state index in [4.69, 9.17) is 10.6 Å². The highest BCUT2D eigenvalue weighted by atomic mass is 19.4. The Labute approximate surface area is 202 Å². The number of oxime groups is 1. The molecule has 2 aromatic carbocycles. The molecule has 1 saturated heterocycles. The predicted octanol–water partition coefficient (Wildman–Crippen LogP) is 4.16. The van der Waals surface area contributed by atoms with Crippen LogP contribution in [0.1, 0.15) is 29.0 Å². The third kappa shape index (κ3) is 4.30. The molecule has 13 heteroatoms. The van der Waals surface area contributed by atoms with Crippen LogP contribution in [0.4, 0.5) is 30.4 Å². The first kappa shape index (κ1) is 23.2. The number of benzene rings is 2. The van der Waals surface area contributed by atoms with Gasteiger partial charge in [-0.1, -0.05) is 5.16 Å². The van der Waals surface area contributed by atoms with Gasteiger partial charge in [-0.3, -0.25) is 9.89 Å². The highest BCUT2D eigenvalue weighted by molar-refractivity contribution is 6.04. The number of hydrogen-bond donors (Lipinski definition) is 3. The van der Waals surface area contributed by atoms with Gasteiger partial charge in [-0.2, -0.15) is 23.4 Å². The van der Waals surface area contributed by atoms with E-state index in [0.717, 1.165) is 35.6 Å². The number of nitrogen functional groups attached to an aromatic ring is 1. The van der Waals surface area contributed by atoms with Gasteiger partial charge in [0.05, 0.1) is 11.2 Å². The largest absolute Gasteiger partial charge is 0.435 e. The summed E-state index contributed by atoms with van der Waals surface area (Å²) in [6, 6.07) is 12.3. The van der Waals surface area contributed by atoms with E-state index >= 15 is 0 Å². The van der Waals surface area contributed by atoms with Crippen molar-refractivity contribution < 1.29 is 22.8 Å². The van der Waals surface area contributed by atoms with E-state index < -0.39 is 17.8 Å². The average molecular weight is 498 g/mol. The fourth-order valence-electron chi connectivity index (χ4n) is 4.09. The molecule has 10 nitrogen and oxygen atoms in total. The molecule has 0 saturated carbocycles. The number of amides is 1. The minimum atomic E-state index is -4.74. The molecule has 1 aliphatic rings. The second-order valence-electron chi connectivity index (χ2n) is 8.11. The van der Waals surface area contributed by atoms with Crippen LogP contribution in [-0.2, 0) is 11.0 Å². The van der Waals surface area contributed by atoms with Crippen molar-refractivity contribution in [2.45, 2.75) is 19.0 Å². The van der Waals surface area contributed by atoms with Crippen LogP contribution >= 0.6 is 0 Å². The van der Waals surface area contributed by atoms with E-state index in [1.807, 2.05) is 4.90 Å². The third-order valence-electron chi connectivity index (χ3n) is 5.78. The Kier molecular flexibility index (Phi) is 5.74. The zero-order chi connectivity index (χ0) is 25.4. The predicted molar refractivity (Wildman–Crippen MR) is 128 cm³/mol. The number of alkyl halides is 3. The lowest BCUT2D eigenvalue weighted by atomic mass is 10.2. The SMILES string of the molecule is CON=C1CCCN1c1ccc(NC(=O)c2cc(C(F)(F)F)nn2-c2ccc3[nH]nc(N)c3c2)cc1. The molecule has 5 rings (SSSR count). The molecule has 1 aliphatic heterocycles. The number of aromatic nitrogens is 4. The van der Waals surface area contributed by atoms with Gasteiger partial charge >= 0.3 is 6.18 Å². The number of aromatic amines is 1. The number of anilines is 3. The van der Waals surface area contributed by atoms with E-state index in [2.05, 4.69) is 25.8 Å². The number of carbonyl (C=O) groups excluding carboxylic acids is 1. The Balaban J connectivity index is 1.44. The summed E-state index contributed by atoms with van der Waals surface area (Å²) in [4.78, 5) is 20.0. The summed E-state index contributed by atoms with van der Waals surface area (Å²) in [5.41, 5.74) is 6.44. The lowest BCUT2D eigenvalue weighted by Gasteiger charge is -2.18. The summed E-state index contributed by atoms with van der Waals surface area (Å²) < 4.78 is 41.3. The maximum absolute atomic E-state index is 13.5. The zero-order valence-electron chi connectivity index (χ0n) is 19.0. The first-order chi connectivity index (χ1) is 17.2. The third-order valence-corrected chi connectivity index (χ3v) is 5.78. The van der Waals surface area contributed by atoms with Crippen LogP contribution in [-0.4, -0.2) is 45.4 Å². The standard InChI is InChI=1S/C23H21F3N8O2/c1-36-32-20-3-2-10-33(20)14-6-4-13(5-7-14)28-22(35)18-12-19(23(24,25)26)31-34(18)15-8-9-17-16(11-15)21(27)30-29-17/h4-9,11-12H,2-3,10H2,1H3,(H,28,35)(H3,27,29,30). The number of rotatable bonds is 5. The summed E-state index contributed by atoms with van der Waals surface area (Å²) in [6.07, 6.45) is -3.02. The molecule has 4 N–H and O–H groups in total. The van der Waals surface area contributed by atoms with Crippen LogP contribution in [0.2, 0.25) is 0 Å². The highest BCUT2D eigenvalue weighted by Crippen LogP contribution is 2.31. The Hall–Kier alpha value is -4.55. The summed E-state index contributed by atoms with van der Waals surface area (Å²) >= 11 is 0. The summed E-state index contributed by atoms with van der Waals surface area (Å²) in [6.45, 7) is 0.777. The van der Waals surface area contributed by atoms with Gasteiger partial charge in [0, 0.05) is 35.8 Å². The van der Waals surface area contributed by atoms with Crippen molar-refractivity contribution in [2.24, 2.45) is 5.16 Å². The van der Waals surface area contributed by atoms with Crippen LogP contribution in [0.3, 0.4) is 0 Å². The molecule has 0 atom stereocenters. The molecule has 1 amide bonds. The fraction of sp³-hybridized carbons (Fsp3) is 0.217. The minimum absolute atomic E-state index is 0.179. The van der Waals surface area contributed by atoms with Gasteiger partial charge in [0.2, 0.25) is 0 Å². The number of carbonyl (C=O) groups is 1. The van der Waals surface area contributed by atoms with E-state index in [9.17, 15) is 18.0 Å². The maximum atomic E-state index is 13.5. The number of hydrogen-bond acceptors (Lipinski definition) is 6. The lowest BCUT2D eigenvalue weighted by Crippen LogP contribution is -2.24. The van der Waals surface area contributed by atoms with Crippen LogP contribution in [0.25, 0.3) is 16.6 Å². The number of nitrogens with one attached hydrogen (secondary N) is 2. The zero-order valence-corrected chi connectivity index (χ0v) is 19.0. The number of H-pyrrole nitrogens is 1. The number of nitrogens with zero attached hydrogens (tertiary/aromatic N) is 5. The summed E-state index contributed by atoms with van der Waals surface area (Å²) in [7, 11) is 1.49. The fourth-order valence-corrected chi connectivity index (χ4v) is 4.09. The van der Waals surface area contributed by atoms with Gasteiger partial charge in [-0.25, -0.2) is 4.68 Å². The molecule has 0 bridgehead atoms. The molecule has 186 valence electrons. The molecule has 0 spiro atoms. The molecular formula is C23H21F3N8O2. The van der Waals surface area contributed by atoms with Crippen molar-refractivity contribution in [3.05, 3.63) is 59.9 Å². The normalized spacial score (nSPS) is 15.1. The van der Waals surface area contributed by atoms with Gasteiger partial charge < -0.3 is 20.8 Å². The van der Waals surface area contributed by atoms with Crippen LogP contribution in [0, 0.1) is 0 Å². The van der Waals surface area contributed by atoms with Crippen LogP contribution < -0.4 is 16.0 Å². The van der Waals surface area contributed by atoms with Crippen LogP contribution in [0.15, 0.2) is 53.7 Å². The number of amidine groups is 1. The monoisotopic (exact) mass is 498 g/mol. The Morgan fingerprint density at radius 3 is 2.64 bits per heavy atom. The first-order valence-electron chi connectivity index (χ1n) is 10.9. The molecule has 1 fully saturated rings. The summed E-state index contributed by atoms with van der Waals surface area (Å²) in [5, 5.41) is 17.4. The molecule has 36 heavy (non-hydrogen) atoms. The second-order valence-corrected chi connectivity index (χ2v) is 8.11.